The first-order chi connectivity index (χ1) is 10.7. The predicted octanol–water partition coefficient (Wildman–Crippen LogP) is 2.74. The van der Waals surface area contributed by atoms with E-state index >= 15 is 0 Å². The molecule has 0 aliphatic rings. The van der Waals surface area contributed by atoms with Gasteiger partial charge in [0, 0.05) is 11.6 Å². The molecule has 0 aliphatic heterocycles. The maximum Gasteiger partial charge on any atom is 0.235 e. The Morgan fingerprint density at radius 3 is 2.52 bits per heavy atom. The van der Waals surface area contributed by atoms with Gasteiger partial charge in [0.2, 0.25) is 5.91 Å². The Bertz CT molecular complexity index is 580. The third-order valence-electron chi connectivity index (χ3n) is 4.43. The summed E-state index contributed by atoms with van der Waals surface area (Å²) in [6.45, 7) is 7.83. The molecular formula is C18H27N3O2. The summed E-state index contributed by atoms with van der Waals surface area (Å²) in [4.78, 5) is 14.2. The predicted molar refractivity (Wildman–Crippen MR) is 91.0 cm³/mol. The van der Waals surface area contributed by atoms with Crippen molar-refractivity contribution in [2.24, 2.45) is 5.92 Å². The lowest BCUT2D eigenvalue weighted by Gasteiger charge is -2.30. The van der Waals surface area contributed by atoms with Gasteiger partial charge in [-0.1, -0.05) is 32.0 Å². The first-order valence-corrected chi connectivity index (χ1v) is 7.80. The fourth-order valence-corrected chi connectivity index (χ4v) is 2.24. The molecule has 1 rings (SSSR count). The zero-order valence-electron chi connectivity index (χ0n) is 14.9. The minimum absolute atomic E-state index is 0.0179. The number of carbonyl (C=O) groups excluding carboxylic acids is 1. The van der Waals surface area contributed by atoms with Gasteiger partial charge < -0.3 is 10.1 Å². The number of hydrogen-bond acceptors (Lipinski definition) is 4. The van der Waals surface area contributed by atoms with Gasteiger partial charge in [0.1, 0.15) is 11.3 Å². The number of para-hydroxylation sites is 1. The van der Waals surface area contributed by atoms with Gasteiger partial charge in [-0.15, -0.1) is 0 Å². The number of rotatable bonds is 7. The summed E-state index contributed by atoms with van der Waals surface area (Å²) in [6, 6.07) is 9.98. The van der Waals surface area contributed by atoms with E-state index < -0.39 is 5.54 Å². The van der Waals surface area contributed by atoms with E-state index in [0.29, 0.717) is 0 Å². The second-order valence-electron chi connectivity index (χ2n) is 6.35. The smallest absolute Gasteiger partial charge is 0.235 e. The molecule has 0 heterocycles. The molecule has 0 saturated carbocycles. The quantitative estimate of drug-likeness (QED) is 0.840. The Morgan fingerprint density at radius 1 is 1.39 bits per heavy atom. The van der Waals surface area contributed by atoms with Crippen molar-refractivity contribution in [3.63, 3.8) is 0 Å². The van der Waals surface area contributed by atoms with E-state index in [1.807, 2.05) is 57.0 Å². The largest absolute Gasteiger partial charge is 0.496 e. The molecule has 1 amide bonds. The Kier molecular flexibility index (Phi) is 6.59. The van der Waals surface area contributed by atoms with Crippen LogP contribution in [0.5, 0.6) is 5.75 Å². The highest BCUT2D eigenvalue weighted by atomic mass is 16.5. The lowest BCUT2D eigenvalue weighted by atomic mass is 9.90. The lowest BCUT2D eigenvalue weighted by Crippen LogP contribution is -2.51. The summed E-state index contributed by atoms with van der Waals surface area (Å²) >= 11 is 0. The van der Waals surface area contributed by atoms with Crippen molar-refractivity contribution in [3.05, 3.63) is 29.8 Å². The zero-order valence-corrected chi connectivity index (χ0v) is 14.9. The number of ether oxygens (including phenoxy) is 1. The van der Waals surface area contributed by atoms with Gasteiger partial charge in [-0.25, -0.2) is 0 Å². The number of amides is 1. The van der Waals surface area contributed by atoms with Crippen molar-refractivity contribution in [3.8, 4) is 11.8 Å². The van der Waals surface area contributed by atoms with Crippen LogP contribution in [0.1, 0.15) is 39.3 Å². The number of likely N-dealkylation sites (N-methyl/N-ethyl adjacent to an activating group) is 1. The van der Waals surface area contributed by atoms with Crippen LogP contribution in [-0.4, -0.2) is 37.0 Å². The fraction of sp³-hybridized carbons (Fsp3) is 0.556. The van der Waals surface area contributed by atoms with E-state index in [4.69, 9.17) is 4.74 Å². The monoisotopic (exact) mass is 317 g/mol. The summed E-state index contributed by atoms with van der Waals surface area (Å²) in [5.74, 6) is 0.677. The lowest BCUT2D eigenvalue weighted by molar-refractivity contribution is -0.124. The molecule has 5 heteroatoms. The summed E-state index contributed by atoms with van der Waals surface area (Å²) < 4.78 is 5.38. The Balaban J connectivity index is 2.77. The molecule has 0 aliphatic carbocycles. The topological polar surface area (TPSA) is 65.4 Å². The zero-order chi connectivity index (χ0) is 17.6. The van der Waals surface area contributed by atoms with Crippen LogP contribution in [-0.2, 0) is 4.79 Å². The van der Waals surface area contributed by atoms with Crippen LogP contribution in [0.15, 0.2) is 24.3 Å². The average molecular weight is 317 g/mol. The van der Waals surface area contributed by atoms with Crippen molar-refractivity contribution in [1.29, 1.82) is 5.26 Å². The molecule has 1 aromatic carbocycles. The second-order valence-corrected chi connectivity index (χ2v) is 6.35. The fourth-order valence-electron chi connectivity index (χ4n) is 2.24. The summed E-state index contributed by atoms with van der Waals surface area (Å²) in [6.07, 6.45) is 0. The van der Waals surface area contributed by atoms with E-state index in [0.717, 1.165) is 11.3 Å². The summed E-state index contributed by atoms with van der Waals surface area (Å²) in [7, 11) is 3.52. The maximum atomic E-state index is 12.3. The molecule has 23 heavy (non-hydrogen) atoms. The van der Waals surface area contributed by atoms with Crippen molar-refractivity contribution >= 4 is 5.91 Å². The first-order valence-electron chi connectivity index (χ1n) is 7.80. The molecule has 0 aromatic heterocycles. The number of carbonyl (C=O) groups is 1. The molecular weight excluding hydrogens is 290 g/mol. The molecule has 126 valence electrons. The molecule has 0 bridgehead atoms. The normalized spacial score (nSPS) is 14.9. The van der Waals surface area contributed by atoms with Crippen LogP contribution >= 0.6 is 0 Å². The number of hydrogen-bond donors (Lipinski definition) is 1. The third kappa shape index (κ3) is 4.70. The standard InChI is InChI=1S/C18H27N3O2/c1-13(2)18(4,12-19)20-17(22)11-21(5)14(3)15-9-7-8-10-16(15)23-6/h7-10,13-14H,11H2,1-6H3,(H,20,22)/t14-,18-/m0/s1. The summed E-state index contributed by atoms with van der Waals surface area (Å²) in [5, 5.41) is 12.1. The van der Waals surface area contributed by atoms with E-state index in [1.54, 1.807) is 14.0 Å². The molecule has 0 radical (unpaired) electrons. The number of nitrogens with one attached hydrogen (secondary N) is 1. The minimum Gasteiger partial charge on any atom is -0.496 e. The van der Waals surface area contributed by atoms with Crippen LogP contribution in [0.4, 0.5) is 0 Å². The maximum absolute atomic E-state index is 12.3. The Hall–Kier alpha value is -2.06. The molecule has 0 fully saturated rings. The van der Waals surface area contributed by atoms with Crippen LogP contribution < -0.4 is 10.1 Å². The number of benzene rings is 1. The molecule has 1 N–H and O–H groups in total. The highest BCUT2D eigenvalue weighted by molar-refractivity contribution is 5.79. The average Bonchev–Trinajstić information content (AvgIpc) is 2.53. The van der Waals surface area contributed by atoms with Crippen molar-refractivity contribution in [2.75, 3.05) is 20.7 Å². The molecule has 2 atom stereocenters. The molecule has 0 spiro atoms. The van der Waals surface area contributed by atoms with E-state index in [9.17, 15) is 10.1 Å². The highest BCUT2D eigenvalue weighted by Gasteiger charge is 2.30. The molecule has 0 unspecified atom stereocenters. The number of nitriles is 1. The van der Waals surface area contributed by atoms with Crippen LogP contribution in [0, 0.1) is 17.2 Å². The van der Waals surface area contributed by atoms with Crippen LogP contribution in [0.2, 0.25) is 0 Å². The second kappa shape index (κ2) is 7.98. The van der Waals surface area contributed by atoms with Crippen molar-refractivity contribution < 1.29 is 9.53 Å². The van der Waals surface area contributed by atoms with Gasteiger partial charge >= 0.3 is 0 Å². The SMILES string of the molecule is COc1ccccc1[C@H](C)N(C)CC(=O)N[C@@](C)(C#N)C(C)C. The summed E-state index contributed by atoms with van der Waals surface area (Å²) in [5.41, 5.74) is 0.170. The number of methoxy groups -OCH3 is 1. The third-order valence-corrected chi connectivity index (χ3v) is 4.43. The van der Waals surface area contributed by atoms with Crippen molar-refractivity contribution in [1.82, 2.24) is 10.2 Å². The van der Waals surface area contributed by atoms with Crippen LogP contribution in [0.25, 0.3) is 0 Å². The van der Waals surface area contributed by atoms with Gasteiger partial charge in [0.05, 0.1) is 19.7 Å². The Labute approximate surface area is 139 Å². The molecule has 0 saturated heterocycles. The Morgan fingerprint density at radius 2 is 2.00 bits per heavy atom. The van der Waals surface area contributed by atoms with E-state index in [-0.39, 0.29) is 24.4 Å². The van der Waals surface area contributed by atoms with Gasteiger partial charge in [0.25, 0.3) is 0 Å². The van der Waals surface area contributed by atoms with E-state index in [1.165, 1.54) is 0 Å². The van der Waals surface area contributed by atoms with Crippen LogP contribution in [0.3, 0.4) is 0 Å². The number of nitrogens with zero attached hydrogens (tertiary/aromatic N) is 2. The minimum atomic E-state index is -0.856. The van der Waals surface area contributed by atoms with Gasteiger partial charge in [0.15, 0.2) is 0 Å². The van der Waals surface area contributed by atoms with Gasteiger partial charge in [-0.05, 0) is 32.9 Å². The van der Waals surface area contributed by atoms with Gasteiger partial charge in [-0.2, -0.15) is 5.26 Å². The van der Waals surface area contributed by atoms with Crippen molar-refractivity contribution in [2.45, 2.75) is 39.3 Å². The molecule has 1 aromatic rings. The van der Waals surface area contributed by atoms with Gasteiger partial charge in [-0.3, -0.25) is 9.69 Å². The first kappa shape index (κ1) is 19.0. The van der Waals surface area contributed by atoms with E-state index in [2.05, 4.69) is 11.4 Å². The molecule has 5 nitrogen and oxygen atoms in total. The highest BCUT2D eigenvalue weighted by Crippen LogP contribution is 2.27.